The van der Waals surface area contributed by atoms with Crippen molar-refractivity contribution >= 4 is 11.8 Å². The summed E-state index contributed by atoms with van der Waals surface area (Å²) in [7, 11) is 1.74. The van der Waals surface area contributed by atoms with Crippen LogP contribution >= 0.6 is 0 Å². The third kappa shape index (κ3) is 3.97. The fraction of sp³-hybridized carbons (Fsp3) is 0.562. The summed E-state index contributed by atoms with van der Waals surface area (Å²) in [6.07, 6.45) is 0.775. The molecule has 1 saturated heterocycles. The van der Waals surface area contributed by atoms with Crippen LogP contribution in [0.2, 0.25) is 0 Å². The number of nitrogens with one attached hydrogen (secondary N) is 1. The minimum atomic E-state index is -0.470. The van der Waals surface area contributed by atoms with Crippen molar-refractivity contribution in [2.45, 2.75) is 32.8 Å². The molecule has 0 atom stereocenters. The molecule has 1 amide bonds. The summed E-state index contributed by atoms with van der Waals surface area (Å²) >= 11 is 0. The molecule has 0 saturated carbocycles. The molecular formula is C16H24N2O2. The topological polar surface area (TPSA) is 41.6 Å². The van der Waals surface area contributed by atoms with Crippen LogP contribution in [0.3, 0.4) is 0 Å². The Morgan fingerprint density at radius 1 is 1.30 bits per heavy atom. The van der Waals surface area contributed by atoms with Crippen molar-refractivity contribution in [3.63, 3.8) is 0 Å². The highest BCUT2D eigenvalue weighted by Gasteiger charge is 2.21. The molecule has 110 valence electrons. The summed E-state index contributed by atoms with van der Waals surface area (Å²) in [5.74, 6) is 0.754. The molecule has 4 nitrogen and oxygen atoms in total. The Balaban J connectivity index is 1.95. The molecule has 1 aliphatic rings. The number of benzene rings is 1. The van der Waals surface area contributed by atoms with E-state index in [2.05, 4.69) is 17.4 Å². The van der Waals surface area contributed by atoms with Crippen LogP contribution in [0.5, 0.6) is 0 Å². The Bertz CT molecular complexity index is 458. The van der Waals surface area contributed by atoms with E-state index in [0.717, 1.165) is 31.1 Å². The van der Waals surface area contributed by atoms with Gasteiger partial charge in [-0.05, 0) is 63.9 Å². The monoisotopic (exact) mass is 276 g/mol. The summed E-state index contributed by atoms with van der Waals surface area (Å²) in [6.45, 7) is 7.83. The second-order valence-corrected chi connectivity index (χ2v) is 6.43. The van der Waals surface area contributed by atoms with Crippen LogP contribution < -0.4 is 10.2 Å². The first-order valence-electron chi connectivity index (χ1n) is 7.11. The molecule has 0 bridgehead atoms. The maximum absolute atomic E-state index is 12.0. The number of hydrogen-bond donors (Lipinski definition) is 1. The first kappa shape index (κ1) is 14.9. The maximum Gasteiger partial charge on any atom is 0.414 e. The van der Waals surface area contributed by atoms with Crippen LogP contribution in [0.4, 0.5) is 10.5 Å². The lowest BCUT2D eigenvalue weighted by Crippen LogP contribution is -2.43. The molecule has 1 heterocycles. The highest BCUT2D eigenvalue weighted by molar-refractivity contribution is 5.87. The number of hydrogen-bond acceptors (Lipinski definition) is 3. The van der Waals surface area contributed by atoms with E-state index in [1.54, 1.807) is 11.9 Å². The highest BCUT2D eigenvalue weighted by Crippen LogP contribution is 2.19. The molecule has 1 N–H and O–H groups in total. The predicted octanol–water partition coefficient (Wildman–Crippen LogP) is 2.82. The van der Waals surface area contributed by atoms with Gasteiger partial charge in [0.15, 0.2) is 0 Å². The van der Waals surface area contributed by atoms with Crippen LogP contribution in [0, 0.1) is 5.92 Å². The number of ether oxygens (including phenoxy) is 1. The largest absolute Gasteiger partial charge is 0.443 e. The Labute approximate surface area is 121 Å². The lowest BCUT2D eigenvalue weighted by molar-refractivity contribution is 0.0589. The summed E-state index contributed by atoms with van der Waals surface area (Å²) in [5.41, 5.74) is 1.70. The highest BCUT2D eigenvalue weighted by atomic mass is 16.6. The molecule has 0 aliphatic carbocycles. The summed E-state index contributed by atoms with van der Waals surface area (Å²) < 4.78 is 5.35. The fourth-order valence-electron chi connectivity index (χ4n) is 2.12. The molecule has 0 unspecified atom stereocenters. The second kappa shape index (κ2) is 5.83. The van der Waals surface area contributed by atoms with Gasteiger partial charge in [-0.1, -0.05) is 12.1 Å². The normalized spacial score (nSPS) is 15.6. The number of nitrogens with zero attached hydrogens (tertiary/aromatic N) is 1. The zero-order valence-corrected chi connectivity index (χ0v) is 12.8. The molecule has 4 heteroatoms. The standard InChI is InChI=1S/C16H24N2O2/c1-16(2,3)20-15(19)18(4)14-7-5-12(6-8-14)9-13-10-17-11-13/h5-8,13,17H,9-11H2,1-4H3. The van der Waals surface area contributed by atoms with Gasteiger partial charge in [-0.15, -0.1) is 0 Å². The van der Waals surface area contributed by atoms with Gasteiger partial charge in [0, 0.05) is 12.7 Å². The van der Waals surface area contributed by atoms with Gasteiger partial charge in [-0.2, -0.15) is 0 Å². The molecule has 1 aromatic carbocycles. The average molecular weight is 276 g/mol. The van der Waals surface area contributed by atoms with E-state index in [-0.39, 0.29) is 6.09 Å². The molecular weight excluding hydrogens is 252 g/mol. The smallest absolute Gasteiger partial charge is 0.414 e. The molecule has 2 rings (SSSR count). The van der Waals surface area contributed by atoms with Gasteiger partial charge in [0.2, 0.25) is 0 Å². The minimum Gasteiger partial charge on any atom is -0.443 e. The predicted molar refractivity (Wildman–Crippen MR) is 81.1 cm³/mol. The Hall–Kier alpha value is -1.55. The quantitative estimate of drug-likeness (QED) is 0.923. The average Bonchev–Trinajstić information content (AvgIpc) is 2.31. The fourth-order valence-corrected chi connectivity index (χ4v) is 2.12. The maximum atomic E-state index is 12.0. The van der Waals surface area contributed by atoms with E-state index in [4.69, 9.17) is 4.74 Å². The second-order valence-electron chi connectivity index (χ2n) is 6.43. The van der Waals surface area contributed by atoms with Crippen LogP contribution in [-0.4, -0.2) is 31.8 Å². The van der Waals surface area contributed by atoms with E-state index in [0.29, 0.717) is 0 Å². The Kier molecular flexibility index (Phi) is 4.33. The van der Waals surface area contributed by atoms with Crippen molar-refractivity contribution in [1.29, 1.82) is 0 Å². The van der Waals surface area contributed by atoms with Crippen molar-refractivity contribution in [3.05, 3.63) is 29.8 Å². The number of carbonyl (C=O) groups is 1. The SMILES string of the molecule is CN(C(=O)OC(C)(C)C)c1ccc(CC2CNC2)cc1. The lowest BCUT2D eigenvalue weighted by atomic mass is 9.94. The summed E-state index contributed by atoms with van der Waals surface area (Å²) in [6, 6.07) is 8.14. The van der Waals surface area contributed by atoms with E-state index >= 15 is 0 Å². The van der Waals surface area contributed by atoms with Crippen LogP contribution in [-0.2, 0) is 11.2 Å². The molecule has 1 fully saturated rings. The summed E-state index contributed by atoms with van der Waals surface area (Å²) in [5, 5.41) is 3.28. The van der Waals surface area contributed by atoms with Gasteiger partial charge in [-0.3, -0.25) is 4.90 Å². The Morgan fingerprint density at radius 3 is 2.35 bits per heavy atom. The lowest BCUT2D eigenvalue weighted by Gasteiger charge is -2.27. The number of carbonyl (C=O) groups excluding carboxylic acids is 1. The van der Waals surface area contributed by atoms with Crippen molar-refractivity contribution in [2.75, 3.05) is 25.0 Å². The zero-order chi connectivity index (χ0) is 14.8. The van der Waals surface area contributed by atoms with Crippen LogP contribution in [0.25, 0.3) is 0 Å². The van der Waals surface area contributed by atoms with Crippen molar-refractivity contribution in [2.24, 2.45) is 5.92 Å². The molecule has 0 aromatic heterocycles. The van der Waals surface area contributed by atoms with Gasteiger partial charge in [-0.25, -0.2) is 4.79 Å². The van der Waals surface area contributed by atoms with Crippen LogP contribution in [0.1, 0.15) is 26.3 Å². The van der Waals surface area contributed by atoms with E-state index in [1.165, 1.54) is 5.56 Å². The minimum absolute atomic E-state index is 0.326. The van der Waals surface area contributed by atoms with E-state index < -0.39 is 5.60 Å². The zero-order valence-electron chi connectivity index (χ0n) is 12.8. The van der Waals surface area contributed by atoms with Crippen molar-refractivity contribution < 1.29 is 9.53 Å². The van der Waals surface area contributed by atoms with Gasteiger partial charge in [0.25, 0.3) is 0 Å². The van der Waals surface area contributed by atoms with Crippen LogP contribution in [0.15, 0.2) is 24.3 Å². The number of anilines is 1. The Morgan fingerprint density at radius 2 is 1.90 bits per heavy atom. The molecule has 1 aromatic rings. The van der Waals surface area contributed by atoms with Gasteiger partial charge in [0.1, 0.15) is 5.60 Å². The third-order valence-corrected chi connectivity index (χ3v) is 3.38. The van der Waals surface area contributed by atoms with Crippen molar-refractivity contribution in [3.8, 4) is 0 Å². The van der Waals surface area contributed by atoms with Gasteiger partial charge < -0.3 is 10.1 Å². The van der Waals surface area contributed by atoms with Gasteiger partial charge in [0.05, 0.1) is 0 Å². The van der Waals surface area contributed by atoms with Crippen molar-refractivity contribution in [1.82, 2.24) is 5.32 Å². The summed E-state index contributed by atoms with van der Waals surface area (Å²) in [4.78, 5) is 13.5. The molecule has 20 heavy (non-hydrogen) atoms. The molecule has 0 radical (unpaired) electrons. The molecule has 1 aliphatic heterocycles. The number of rotatable bonds is 3. The third-order valence-electron chi connectivity index (χ3n) is 3.38. The van der Waals surface area contributed by atoms with E-state index in [1.807, 2.05) is 32.9 Å². The number of amides is 1. The molecule has 0 spiro atoms. The van der Waals surface area contributed by atoms with Gasteiger partial charge >= 0.3 is 6.09 Å². The van der Waals surface area contributed by atoms with E-state index in [9.17, 15) is 4.79 Å². The first-order chi connectivity index (χ1) is 9.35. The first-order valence-corrected chi connectivity index (χ1v) is 7.11.